The number of hydroxylamine groups is 2. The number of hydrogen-bond donors (Lipinski definition) is 2. The van der Waals surface area contributed by atoms with Gasteiger partial charge < -0.3 is 9.05 Å². The van der Waals surface area contributed by atoms with Crippen LogP contribution in [0.15, 0.2) is 18.1 Å². The largest absolute Gasteiger partial charge is 0.323 e. The maximum absolute atomic E-state index is 5.37. The fourth-order valence-electron chi connectivity index (χ4n) is 0.522. The third-order valence-electron chi connectivity index (χ3n) is 1.01. The van der Waals surface area contributed by atoms with E-state index in [9.17, 15) is 0 Å². The van der Waals surface area contributed by atoms with E-state index in [2.05, 4.69) is 56.0 Å². The molecule has 0 radical (unpaired) electrons. The quantitative estimate of drug-likeness (QED) is 0.429. The van der Waals surface area contributed by atoms with Crippen molar-refractivity contribution < 1.29 is 9.05 Å². The fourth-order valence-corrected chi connectivity index (χ4v) is 1.35. The van der Waals surface area contributed by atoms with Gasteiger partial charge in [-0.3, -0.25) is 11.0 Å². The van der Waals surface area contributed by atoms with Crippen LogP contribution < -0.4 is 11.0 Å². The molecule has 0 atom stereocenters. The van der Waals surface area contributed by atoms with Gasteiger partial charge in [-0.2, -0.15) is 0 Å². The topological polar surface area (TPSA) is 42.5 Å². The van der Waals surface area contributed by atoms with Crippen LogP contribution in [0.2, 0.25) is 39.3 Å². The standard InChI is InChI=1S/C9H22N2O2Si2/c1-14(2,3)12-10-8-7-9-11-13-15(4,5)6/h8-11H,1-6H3. The van der Waals surface area contributed by atoms with Crippen molar-refractivity contribution in [2.75, 3.05) is 0 Å². The highest BCUT2D eigenvalue weighted by atomic mass is 28.4. The Morgan fingerprint density at radius 2 is 1.13 bits per heavy atom. The molecule has 0 saturated carbocycles. The van der Waals surface area contributed by atoms with Gasteiger partial charge in [-0.1, -0.05) is 5.73 Å². The molecule has 0 aliphatic carbocycles. The van der Waals surface area contributed by atoms with E-state index >= 15 is 0 Å². The van der Waals surface area contributed by atoms with Crippen LogP contribution in [0, 0.1) is 0 Å². The van der Waals surface area contributed by atoms with Crippen LogP contribution in [-0.4, -0.2) is 16.6 Å². The second-order valence-corrected chi connectivity index (χ2v) is 14.0. The van der Waals surface area contributed by atoms with Crippen LogP contribution in [0.25, 0.3) is 0 Å². The highest BCUT2D eigenvalue weighted by molar-refractivity contribution is 6.69. The minimum absolute atomic E-state index is 1.50. The Morgan fingerprint density at radius 3 is 1.40 bits per heavy atom. The van der Waals surface area contributed by atoms with Crippen molar-refractivity contribution in [3.63, 3.8) is 0 Å². The SMILES string of the molecule is C[Si](C)(C)ONC=C=CNO[Si](C)(C)C. The summed E-state index contributed by atoms with van der Waals surface area (Å²) < 4.78 is 10.7. The summed E-state index contributed by atoms with van der Waals surface area (Å²) >= 11 is 0. The fraction of sp³-hybridized carbons (Fsp3) is 0.667. The molecule has 0 aromatic rings. The van der Waals surface area contributed by atoms with Gasteiger partial charge in [0.05, 0.1) is 12.4 Å². The summed E-state index contributed by atoms with van der Waals surface area (Å²) in [5.74, 6) is 0. The van der Waals surface area contributed by atoms with Crippen LogP contribution in [0.1, 0.15) is 0 Å². The summed E-state index contributed by atoms with van der Waals surface area (Å²) in [5, 5.41) is 0. The molecule has 0 fully saturated rings. The summed E-state index contributed by atoms with van der Waals surface area (Å²) in [6.45, 7) is 12.6. The third-order valence-corrected chi connectivity index (χ3v) is 2.48. The molecule has 0 rings (SSSR count). The molecule has 6 heteroatoms. The number of nitrogens with one attached hydrogen (secondary N) is 2. The van der Waals surface area contributed by atoms with Gasteiger partial charge >= 0.3 is 0 Å². The van der Waals surface area contributed by atoms with Gasteiger partial charge in [0.2, 0.25) is 16.6 Å². The van der Waals surface area contributed by atoms with E-state index in [0.29, 0.717) is 0 Å². The Labute approximate surface area is 94.5 Å². The van der Waals surface area contributed by atoms with Gasteiger partial charge in [-0.15, -0.1) is 0 Å². The van der Waals surface area contributed by atoms with Crippen molar-refractivity contribution in [1.29, 1.82) is 0 Å². The minimum atomic E-state index is -1.50. The first kappa shape index (κ1) is 14.5. The zero-order chi connectivity index (χ0) is 11.9. The molecule has 15 heavy (non-hydrogen) atoms. The molecule has 4 nitrogen and oxygen atoms in total. The Balaban J connectivity index is 3.65. The van der Waals surface area contributed by atoms with Gasteiger partial charge in [0.15, 0.2) is 0 Å². The lowest BCUT2D eigenvalue weighted by Gasteiger charge is -2.15. The summed E-state index contributed by atoms with van der Waals surface area (Å²) in [6, 6.07) is 0. The van der Waals surface area contributed by atoms with Crippen molar-refractivity contribution in [3.8, 4) is 0 Å². The average Bonchev–Trinajstić information content (AvgIpc) is 1.98. The first-order valence-corrected chi connectivity index (χ1v) is 11.8. The van der Waals surface area contributed by atoms with Gasteiger partial charge in [0.1, 0.15) is 0 Å². The van der Waals surface area contributed by atoms with E-state index in [1.807, 2.05) is 0 Å². The lowest BCUT2D eigenvalue weighted by molar-refractivity contribution is 0.231. The smallest absolute Gasteiger partial charge is 0.220 e. The summed E-state index contributed by atoms with van der Waals surface area (Å²) in [5.41, 5.74) is 8.32. The van der Waals surface area contributed by atoms with Gasteiger partial charge in [-0.05, 0) is 39.3 Å². The molecular formula is C9H22N2O2Si2. The molecular weight excluding hydrogens is 224 g/mol. The molecule has 2 N–H and O–H groups in total. The van der Waals surface area contributed by atoms with Crippen molar-refractivity contribution in [1.82, 2.24) is 11.0 Å². The highest BCUT2D eigenvalue weighted by Crippen LogP contribution is 1.99. The van der Waals surface area contributed by atoms with Crippen molar-refractivity contribution in [2.45, 2.75) is 39.3 Å². The molecule has 88 valence electrons. The first-order chi connectivity index (χ1) is 6.71. The minimum Gasteiger partial charge on any atom is -0.323 e. The van der Waals surface area contributed by atoms with Crippen LogP contribution in [0.4, 0.5) is 0 Å². The second kappa shape index (κ2) is 6.14. The monoisotopic (exact) mass is 246 g/mol. The van der Waals surface area contributed by atoms with Gasteiger partial charge in [0.25, 0.3) is 0 Å². The van der Waals surface area contributed by atoms with Crippen LogP contribution in [0.3, 0.4) is 0 Å². The van der Waals surface area contributed by atoms with Gasteiger partial charge in [-0.25, -0.2) is 0 Å². The molecule has 0 aromatic heterocycles. The van der Waals surface area contributed by atoms with Crippen LogP contribution >= 0.6 is 0 Å². The second-order valence-electron chi connectivity index (χ2n) is 5.12. The van der Waals surface area contributed by atoms with Crippen LogP contribution in [-0.2, 0) is 9.05 Å². The lowest BCUT2D eigenvalue weighted by atomic mass is 10.8. The molecule has 0 spiro atoms. The maximum atomic E-state index is 5.37. The third kappa shape index (κ3) is 13.5. The zero-order valence-electron chi connectivity index (χ0n) is 10.5. The Kier molecular flexibility index (Phi) is 5.93. The van der Waals surface area contributed by atoms with Crippen LogP contribution in [0.5, 0.6) is 0 Å². The lowest BCUT2D eigenvalue weighted by Crippen LogP contribution is -2.31. The molecule has 0 aliphatic rings. The van der Waals surface area contributed by atoms with E-state index < -0.39 is 16.6 Å². The first-order valence-electron chi connectivity index (χ1n) is 4.97. The van der Waals surface area contributed by atoms with E-state index in [1.165, 1.54) is 0 Å². The predicted molar refractivity (Wildman–Crippen MR) is 67.8 cm³/mol. The predicted octanol–water partition coefficient (Wildman–Crippen LogP) is 2.32. The normalized spacial score (nSPS) is 11.6. The summed E-state index contributed by atoms with van der Waals surface area (Å²) in [7, 11) is -2.99. The van der Waals surface area contributed by atoms with E-state index in [-0.39, 0.29) is 0 Å². The average molecular weight is 246 g/mol. The van der Waals surface area contributed by atoms with Crippen molar-refractivity contribution in [2.24, 2.45) is 0 Å². The Morgan fingerprint density at radius 1 is 0.800 bits per heavy atom. The summed E-state index contributed by atoms with van der Waals surface area (Å²) in [4.78, 5) is 0. The van der Waals surface area contributed by atoms with E-state index in [0.717, 1.165) is 0 Å². The highest BCUT2D eigenvalue weighted by Gasteiger charge is 2.14. The number of hydrogen-bond acceptors (Lipinski definition) is 4. The maximum Gasteiger partial charge on any atom is 0.220 e. The Bertz CT molecular complexity index is 215. The number of rotatable bonds is 6. The molecule has 0 aromatic carbocycles. The van der Waals surface area contributed by atoms with E-state index in [1.54, 1.807) is 12.4 Å². The molecule has 0 amide bonds. The zero-order valence-corrected chi connectivity index (χ0v) is 12.5. The molecule has 0 aliphatic heterocycles. The van der Waals surface area contributed by atoms with Crippen molar-refractivity contribution >= 4 is 16.6 Å². The molecule has 0 saturated heterocycles. The van der Waals surface area contributed by atoms with E-state index in [4.69, 9.17) is 9.05 Å². The van der Waals surface area contributed by atoms with Crippen molar-refractivity contribution in [3.05, 3.63) is 18.1 Å². The summed E-state index contributed by atoms with van der Waals surface area (Å²) in [6.07, 6.45) is 3.22. The van der Waals surface area contributed by atoms with Gasteiger partial charge in [0, 0.05) is 0 Å². The molecule has 0 heterocycles. The molecule has 0 unspecified atom stereocenters. The Hall–Kier alpha value is -0.526. The molecule has 0 bridgehead atoms.